The van der Waals surface area contributed by atoms with Crippen LogP contribution in [0.4, 0.5) is 10.6 Å². The molecule has 3 amide bonds. The second kappa shape index (κ2) is 6.64. The minimum atomic E-state index is -0.498. The van der Waals surface area contributed by atoms with Crippen molar-refractivity contribution in [3.05, 3.63) is 23.9 Å². The molecule has 118 valence electrons. The normalized spacial score (nSPS) is 21.2. The first kappa shape index (κ1) is 14.6. The topological polar surface area (TPSA) is 86.4 Å². The van der Waals surface area contributed by atoms with Gasteiger partial charge in [0.1, 0.15) is 11.9 Å². The van der Waals surface area contributed by atoms with Gasteiger partial charge in [0.15, 0.2) is 0 Å². The minimum Gasteiger partial charge on any atom is -0.356 e. The Morgan fingerprint density at radius 3 is 2.91 bits per heavy atom. The number of nitrogens with zero attached hydrogens (tertiary/aromatic N) is 2. The second-order valence-corrected chi connectivity index (χ2v) is 5.66. The van der Waals surface area contributed by atoms with Gasteiger partial charge in [-0.25, -0.2) is 9.78 Å². The molecule has 3 rings (SSSR count). The Morgan fingerprint density at radius 1 is 1.36 bits per heavy atom. The lowest BCUT2D eigenvalue weighted by Gasteiger charge is -2.29. The number of urea groups is 1. The third-order valence-corrected chi connectivity index (χ3v) is 4.06. The molecule has 2 aliphatic rings. The van der Waals surface area contributed by atoms with Crippen LogP contribution >= 0.6 is 0 Å². The summed E-state index contributed by atoms with van der Waals surface area (Å²) in [5.74, 6) is 0.780. The molecule has 1 atom stereocenters. The summed E-state index contributed by atoms with van der Waals surface area (Å²) >= 11 is 0. The second-order valence-electron chi connectivity index (χ2n) is 5.66. The summed E-state index contributed by atoms with van der Waals surface area (Å²) in [6.45, 7) is 2.78. The number of carbonyl (C=O) groups is 2. The van der Waals surface area contributed by atoms with Crippen LogP contribution in [0.1, 0.15) is 24.8 Å². The molecule has 2 fully saturated rings. The molecule has 1 aromatic heterocycles. The fourth-order valence-corrected chi connectivity index (χ4v) is 2.88. The lowest BCUT2D eigenvalue weighted by atomic mass is 10.1. The van der Waals surface area contributed by atoms with Crippen LogP contribution < -0.4 is 20.9 Å². The van der Waals surface area contributed by atoms with Crippen LogP contribution in [-0.4, -0.2) is 42.6 Å². The Labute approximate surface area is 129 Å². The van der Waals surface area contributed by atoms with Gasteiger partial charge in [-0.3, -0.25) is 4.79 Å². The minimum absolute atomic E-state index is 0.174. The summed E-state index contributed by atoms with van der Waals surface area (Å²) in [5, 5.41) is 8.04. The monoisotopic (exact) mass is 303 g/mol. The first-order valence-electron chi connectivity index (χ1n) is 7.75. The van der Waals surface area contributed by atoms with E-state index in [1.54, 1.807) is 6.20 Å². The first-order valence-corrected chi connectivity index (χ1v) is 7.75. The number of nitrogens with one attached hydrogen (secondary N) is 3. The SMILES string of the molecule is O=C1NC[C@H](C(=O)NCc2cccnc2N2CCCCC2)N1. The highest BCUT2D eigenvalue weighted by molar-refractivity contribution is 5.90. The number of hydrogen-bond acceptors (Lipinski definition) is 4. The van der Waals surface area contributed by atoms with Crippen molar-refractivity contribution in [2.75, 3.05) is 24.5 Å². The highest BCUT2D eigenvalue weighted by atomic mass is 16.2. The zero-order valence-electron chi connectivity index (χ0n) is 12.5. The molecule has 0 unspecified atom stereocenters. The molecule has 0 aromatic carbocycles. The van der Waals surface area contributed by atoms with Gasteiger partial charge in [-0.2, -0.15) is 0 Å². The van der Waals surface area contributed by atoms with E-state index in [0.717, 1.165) is 24.5 Å². The third-order valence-electron chi connectivity index (χ3n) is 4.06. The largest absolute Gasteiger partial charge is 0.356 e. The Bertz CT molecular complexity index is 557. The molecular weight excluding hydrogens is 282 g/mol. The number of pyridine rings is 1. The number of aromatic nitrogens is 1. The maximum atomic E-state index is 12.1. The number of hydrogen-bond donors (Lipinski definition) is 3. The van der Waals surface area contributed by atoms with Gasteiger partial charge in [0.05, 0.1) is 0 Å². The molecule has 1 aromatic rings. The molecule has 7 nitrogen and oxygen atoms in total. The van der Waals surface area contributed by atoms with Gasteiger partial charge < -0.3 is 20.9 Å². The number of anilines is 1. The van der Waals surface area contributed by atoms with E-state index < -0.39 is 6.04 Å². The fraction of sp³-hybridized carbons (Fsp3) is 0.533. The molecule has 3 heterocycles. The van der Waals surface area contributed by atoms with E-state index in [-0.39, 0.29) is 11.9 Å². The van der Waals surface area contributed by atoms with Gasteiger partial charge >= 0.3 is 6.03 Å². The molecule has 2 aliphatic heterocycles. The van der Waals surface area contributed by atoms with Crippen molar-refractivity contribution in [2.45, 2.75) is 31.8 Å². The van der Waals surface area contributed by atoms with Crippen molar-refractivity contribution in [3.63, 3.8) is 0 Å². The van der Waals surface area contributed by atoms with E-state index in [4.69, 9.17) is 0 Å². The van der Waals surface area contributed by atoms with Crippen LogP contribution in [0.5, 0.6) is 0 Å². The predicted molar refractivity (Wildman–Crippen MR) is 82.5 cm³/mol. The zero-order chi connectivity index (χ0) is 15.4. The highest BCUT2D eigenvalue weighted by Gasteiger charge is 2.26. The Kier molecular flexibility index (Phi) is 4.41. The van der Waals surface area contributed by atoms with Crippen LogP contribution in [0.2, 0.25) is 0 Å². The van der Waals surface area contributed by atoms with Crippen molar-refractivity contribution in [3.8, 4) is 0 Å². The van der Waals surface area contributed by atoms with Crippen molar-refractivity contribution in [1.82, 2.24) is 20.9 Å². The van der Waals surface area contributed by atoms with E-state index in [1.807, 2.05) is 12.1 Å². The van der Waals surface area contributed by atoms with Crippen LogP contribution in [-0.2, 0) is 11.3 Å². The third kappa shape index (κ3) is 3.29. The number of piperidine rings is 1. The Balaban J connectivity index is 1.62. The summed E-state index contributed by atoms with van der Waals surface area (Å²) in [5.41, 5.74) is 1.01. The standard InChI is InChI=1S/C15H21N5O2/c21-14(12-10-18-15(22)19-12)17-9-11-5-4-6-16-13(11)20-7-2-1-3-8-20/h4-6,12H,1-3,7-10H2,(H,17,21)(H2,18,19,22)/t12-/m1/s1. The van der Waals surface area contributed by atoms with E-state index >= 15 is 0 Å². The first-order chi connectivity index (χ1) is 10.7. The van der Waals surface area contributed by atoms with Crippen LogP contribution in [0.25, 0.3) is 0 Å². The van der Waals surface area contributed by atoms with E-state index in [9.17, 15) is 9.59 Å². The molecule has 0 radical (unpaired) electrons. The van der Waals surface area contributed by atoms with Gasteiger partial charge in [-0.15, -0.1) is 0 Å². The quantitative estimate of drug-likeness (QED) is 0.750. The lowest BCUT2D eigenvalue weighted by molar-refractivity contribution is -0.122. The lowest BCUT2D eigenvalue weighted by Crippen LogP contribution is -2.42. The average molecular weight is 303 g/mol. The maximum Gasteiger partial charge on any atom is 0.315 e. The van der Waals surface area contributed by atoms with Gasteiger partial charge in [-0.05, 0) is 25.3 Å². The molecule has 0 bridgehead atoms. The summed E-state index contributed by atoms with van der Waals surface area (Å²) in [7, 11) is 0. The molecular formula is C15H21N5O2. The van der Waals surface area contributed by atoms with Crippen molar-refractivity contribution in [2.24, 2.45) is 0 Å². The Morgan fingerprint density at radius 2 is 2.18 bits per heavy atom. The molecule has 2 saturated heterocycles. The van der Waals surface area contributed by atoms with Gasteiger partial charge in [0.25, 0.3) is 0 Å². The average Bonchev–Trinajstić information content (AvgIpc) is 3.00. The zero-order valence-corrected chi connectivity index (χ0v) is 12.5. The maximum absolute atomic E-state index is 12.1. The van der Waals surface area contributed by atoms with Gasteiger partial charge in [0.2, 0.25) is 5.91 Å². The van der Waals surface area contributed by atoms with E-state index in [2.05, 4.69) is 25.8 Å². The number of carbonyl (C=O) groups excluding carboxylic acids is 2. The molecule has 22 heavy (non-hydrogen) atoms. The van der Waals surface area contributed by atoms with E-state index in [0.29, 0.717) is 13.1 Å². The van der Waals surface area contributed by atoms with Crippen LogP contribution in [0.15, 0.2) is 18.3 Å². The molecule has 7 heteroatoms. The van der Waals surface area contributed by atoms with Crippen LogP contribution in [0.3, 0.4) is 0 Å². The fourth-order valence-electron chi connectivity index (χ4n) is 2.88. The van der Waals surface area contributed by atoms with Crippen LogP contribution in [0, 0.1) is 0 Å². The summed E-state index contributed by atoms with van der Waals surface area (Å²) in [6.07, 6.45) is 5.42. The smallest absolute Gasteiger partial charge is 0.315 e. The number of amides is 3. The van der Waals surface area contributed by atoms with Crippen molar-refractivity contribution in [1.29, 1.82) is 0 Å². The van der Waals surface area contributed by atoms with Crippen molar-refractivity contribution >= 4 is 17.8 Å². The molecule has 0 aliphatic carbocycles. The molecule has 0 saturated carbocycles. The van der Waals surface area contributed by atoms with Crippen molar-refractivity contribution < 1.29 is 9.59 Å². The summed E-state index contributed by atoms with van der Waals surface area (Å²) < 4.78 is 0. The van der Waals surface area contributed by atoms with Gasteiger partial charge in [-0.1, -0.05) is 6.07 Å². The Hall–Kier alpha value is -2.31. The predicted octanol–water partition coefficient (Wildman–Crippen LogP) is 0.369. The highest BCUT2D eigenvalue weighted by Crippen LogP contribution is 2.21. The number of rotatable bonds is 4. The van der Waals surface area contributed by atoms with Gasteiger partial charge in [0, 0.05) is 37.9 Å². The van der Waals surface area contributed by atoms with E-state index in [1.165, 1.54) is 19.3 Å². The molecule has 3 N–H and O–H groups in total. The molecule has 0 spiro atoms. The summed E-state index contributed by atoms with van der Waals surface area (Å²) in [4.78, 5) is 29.9. The summed E-state index contributed by atoms with van der Waals surface area (Å²) in [6, 6.07) is 3.08.